The third-order valence-electron chi connectivity index (χ3n) is 7.26. The Morgan fingerprint density at radius 2 is 1.31 bits per heavy atom. The van der Waals surface area contributed by atoms with Crippen LogP contribution in [0.25, 0.3) is 0 Å². The lowest BCUT2D eigenvalue weighted by molar-refractivity contribution is 0.0734. The zero-order valence-electron chi connectivity index (χ0n) is 25.0. The Kier molecular flexibility index (Phi) is 9.08. The summed E-state index contributed by atoms with van der Waals surface area (Å²) in [6, 6.07) is 35.0. The highest BCUT2D eigenvalue weighted by atomic mass is 32.2. The number of hydrogen-bond donors (Lipinski definition) is 0. The van der Waals surface area contributed by atoms with Gasteiger partial charge in [-0.3, -0.25) is 8.61 Å². The largest absolute Gasteiger partial charge is 0.423 e. The van der Waals surface area contributed by atoms with Crippen molar-refractivity contribution in [3.8, 4) is 5.75 Å². The molecule has 0 heterocycles. The number of aryl methyl sites for hydroxylation is 2. The molecule has 0 amide bonds. The second-order valence-corrected chi connectivity index (χ2v) is 14.3. The molecule has 0 unspecified atom stereocenters. The Balaban J connectivity index is 1.36. The maximum Gasteiger partial charge on any atom is 0.343 e. The van der Waals surface area contributed by atoms with E-state index in [1.165, 1.54) is 64.2 Å². The number of sulfonamides is 2. The predicted molar refractivity (Wildman–Crippen MR) is 176 cm³/mol. The first-order chi connectivity index (χ1) is 21.5. The van der Waals surface area contributed by atoms with Gasteiger partial charge in [0, 0.05) is 7.05 Å². The van der Waals surface area contributed by atoms with Crippen molar-refractivity contribution in [1.82, 2.24) is 0 Å². The minimum absolute atomic E-state index is 0.0440. The van der Waals surface area contributed by atoms with Gasteiger partial charge in [0.05, 0.1) is 33.3 Å². The van der Waals surface area contributed by atoms with Crippen molar-refractivity contribution in [3.63, 3.8) is 0 Å². The number of carbonyl (C=O) groups is 1. The number of para-hydroxylation sites is 1. The van der Waals surface area contributed by atoms with Crippen LogP contribution in [-0.2, 0) is 26.6 Å². The monoisotopic (exact) mass is 640 g/mol. The first kappa shape index (κ1) is 31.5. The van der Waals surface area contributed by atoms with Crippen molar-refractivity contribution in [2.45, 2.75) is 30.2 Å². The highest BCUT2D eigenvalue weighted by molar-refractivity contribution is 7.93. The first-order valence-corrected chi connectivity index (χ1v) is 16.9. The fourth-order valence-electron chi connectivity index (χ4n) is 4.73. The van der Waals surface area contributed by atoms with Gasteiger partial charge in [0.15, 0.2) is 0 Å². The van der Waals surface area contributed by atoms with Crippen LogP contribution in [0.2, 0.25) is 0 Å². The van der Waals surface area contributed by atoms with Gasteiger partial charge in [-0.05, 0) is 91.2 Å². The van der Waals surface area contributed by atoms with Gasteiger partial charge in [-0.2, -0.15) is 0 Å². The molecule has 0 atom stereocenters. The average molecular weight is 641 g/mol. The van der Waals surface area contributed by atoms with Gasteiger partial charge in [0.2, 0.25) is 0 Å². The Morgan fingerprint density at radius 1 is 0.667 bits per heavy atom. The fourth-order valence-corrected chi connectivity index (χ4v) is 7.73. The van der Waals surface area contributed by atoms with E-state index in [4.69, 9.17) is 4.74 Å². The van der Waals surface area contributed by atoms with Gasteiger partial charge in [0.1, 0.15) is 5.75 Å². The van der Waals surface area contributed by atoms with Gasteiger partial charge in [-0.15, -0.1) is 0 Å². The molecule has 230 valence electrons. The quantitative estimate of drug-likeness (QED) is 0.124. The van der Waals surface area contributed by atoms with Gasteiger partial charge < -0.3 is 4.74 Å². The van der Waals surface area contributed by atoms with Crippen LogP contribution >= 0.6 is 0 Å². The van der Waals surface area contributed by atoms with Crippen LogP contribution in [0, 0.1) is 13.8 Å². The zero-order valence-corrected chi connectivity index (χ0v) is 26.6. The van der Waals surface area contributed by atoms with Crippen LogP contribution in [-0.4, -0.2) is 29.9 Å². The molecular weight excluding hydrogens is 609 g/mol. The second-order valence-electron chi connectivity index (χ2n) is 10.5. The molecule has 0 saturated carbocycles. The molecule has 0 radical (unpaired) electrons. The van der Waals surface area contributed by atoms with E-state index < -0.39 is 26.0 Å². The summed E-state index contributed by atoms with van der Waals surface area (Å²) in [6.45, 7) is 3.67. The summed E-state index contributed by atoms with van der Waals surface area (Å²) in [5, 5.41) is 0. The number of anilines is 2. The minimum Gasteiger partial charge on any atom is -0.423 e. The molecule has 5 aromatic rings. The van der Waals surface area contributed by atoms with Crippen molar-refractivity contribution in [1.29, 1.82) is 0 Å². The van der Waals surface area contributed by atoms with Crippen LogP contribution in [0.15, 0.2) is 137 Å². The van der Waals surface area contributed by atoms with E-state index in [2.05, 4.69) is 0 Å². The molecule has 5 aromatic carbocycles. The van der Waals surface area contributed by atoms with Crippen molar-refractivity contribution in [2.24, 2.45) is 0 Å². The van der Waals surface area contributed by atoms with E-state index in [9.17, 15) is 21.6 Å². The number of carbonyl (C=O) groups excluding carboxylic acids is 1. The van der Waals surface area contributed by atoms with Crippen molar-refractivity contribution in [2.75, 3.05) is 15.7 Å². The van der Waals surface area contributed by atoms with E-state index in [1.54, 1.807) is 43.3 Å². The number of ether oxygens (including phenoxy) is 1. The SMILES string of the molecule is Cc1ccc(C)c(S(=O)(=O)N(C)c2ccc(OC(=O)c3cccc(S(=O)(=O)N(Cc4ccccc4)c4ccccc4)c3)cc2)c1. The van der Waals surface area contributed by atoms with Crippen molar-refractivity contribution >= 4 is 37.4 Å². The molecule has 0 aliphatic heterocycles. The van der Waals surface area contributed by atoms with Crippen LogP contribution in [0.5, 0.6) is 5.75 Å². The fraction of sp³-hybridized carbons (Fsp3) is 0.114. The van der Waals surface area contributed by atoms with Crippen LogP contribution < -0.4 is 13.3 Å². The summed E-state index contributed by atoms with van der Waals surface area (Å²) < 4.78 is 62.4. The Bertz CT molecular complexity index is 2030. The highest BCUT2D eigenvalue weighted by Gasteiger charge is 2.27. The third kappa shape index (κ3) is 6.92. The molecule has 0 saturated heterocycles. The molecule has 0 fully saturated rings. The average Bonchev–Trinajstić information content (AvgIpc) is 3.05. The van der Waals surface area contributed by atoms with E-state index in [0.717, 1.165) is 11.1 Å². The molecule has 0 N–H and O–H groups in total. The molecule has 0 spiro atoms. The van der Waals surface area contributed by atoms with Gasteiger partial charge in [-0.1, -0.05) is 66.7 Å². The first-order valence-electron chi connectivity index (χ1n) is 14.1. The second kappa shape index (κ2) is 13.0. The minimum atomic E-state index is -4.08. The molecule has 0 aliphatic rings. The number of hydrogen-bond acceptors (Lipinski definition) is 6. The summed E-state index contributed by atoms with van der Waals surface area (Å²) in [7, 11) is -6.44. The third-order valence-corrected chi connectivity index (χ3v) is 11.0. The smallest absolute Gasteiger partial charge is 0.343 e. The maximum atomic E-state index is 13.9. The lowest BCUT2D eigenvalue weighted by atomic mass is 10.2. The van der Waals surface area contributed by atoms with Crippen LogP contribution in [0.1, 0.15) is 27.0 Å². The molecule has 45 heavy (non-hydrogen) atoms. The van der Waals surface area contributed by atoms with Crippen molar-refractivity contribution in [3.05, 3.63) is 150 Å². The number of nitrogens with zero attached hydrogens (tertiary/aromatic N) is 2. The molecule has 10 heteroatoms. The molecule has 0 bridgehead atoms. The molecular formula is C35H32N2O6S2. The lowest BCUT2D eigenvalue weighted by Crippen LogP contribution is -2.30. The summed E-state index contributed by atoms with van der Waals surface area (Å²) in [4.78, 5) is 13.3. The number of esters is 1. The molecule has 5 rings (SSSR count). The summed E-state index contributed by atoms with van der Waals surface area (Å²) in [5.74, 6) is -0.588. The Labute approximate surface area is 264 Å². The number of rotatable bonds is 10. The summed E-state index contributed by atoms with van der Waals surface area (Å²) >= 11 is 0. The highest BCUT2D eigenvalue weighted by Crippen LogP contribution is 2.29. The lowest BCUT2D eigenvalue weighted by Gasteiger charge is -2.25. The summed E-state index contributed by atoms with van der Waals surface area (Å²) in [6.07, 6.45) is 0. The van der Waals surface area contributed by atoms with Crippen molar-refractivity contribution < 1.29 is 26.4 Å². The van der Waals surface area contributed by atoms with Gasteiger partial charge in [-0.25, -0.2) is 21.6 Å². The number of benzene rings is 5. The Hall–Kier alpha value is -4.93. The maximum absolute atomic E-state index is 13.9. The van der Waals surface area contributed by atoms with E-state index in [1.807, 2.05) is 49.4 Å². The normalized spacial score (nSPS) is 11.5. The van der Waals surface area contributed by atoms with E-state index >= 15 is 0 Å². The standard InChI is InChI=1S/C35H32N2O6S2/c1-26-17-18-27(2)34(23-26)45(41,42)36(3)30-19-21-32(22-20-30)43-35(38)29-13-10-16-33(24-29)44(39,40)37(31-14-8-5-9-15-31)25-28-11-6-4-7-12-28/h4-24H,25H2,1-3H3. The van der Waals surface area contributed by atoms with Gasteiger partial charge >= 0.3 is 5.97 Å². The zero-order chi connectivity index (χ0) is 32.2. The predicted octanol–water partition coefficient (Wildman–Crippen LogP) is 6.74. The topological polar surface area (TPSA) is 101 Å². The van der Waals surface area contributed by atoms with Crippen LogP contribution in [0.3, 0.4) is 0 Å². The molecule has 0 aromatic heterocycles. The van der Waals surface area contributed by atoms with E-state index in [-0.39, 0.29) is 27.6 Å². The van der Waals surface area contributed by atoms with Crippen LogP contribution in [0.4, 0.5) is 11.4 Å². The molecule has 8 nitrogen and oxygen atoms in total. The van der Waals surface area contributed by atoms with Gasteiger partial charge in [0.25, 0.3) is 20.0 Å². The molecule has 0 aliphatic carbocycles. The van der Waals surface area contributed by atoms with E-state index in [0.29, 0.717) is 16.9 Å². The Morgan fingerprint density at radius 3 is 1.98 bits per heavy atom. The summed E-state index contributed by atoms with van der Waals surface area (Å²) in [5.41, 5.74) is 3.17.